The van der Waals surface area contributed by atoms with Crippen molar-refractivity contribution in [3.05, 3.63) is 29.3 Å². The van der Waals surface area contributed by atoms with Crippen molar-refractivity contribution in [2.45, 2.75) is 13.3 Å². The summed E-state index contributed by atoms with van der Waals surface area (Å²) in [6.07, 6.45) is 1.02. The van der Waals surface area contributed by atoms with Crippen LogP contribution in [0.1, 0.15) is 13.3 Å². The lowest BCUT2D eigenvalue weighted by Gasteiger charge is -2.18. The van der Waals surface area contributed by atoms with E-state index in [1.54, 1.807) is 18.0 Å². The summed E-state index contributed by atoms with van der Waals surface area (Å²) in [5.74, 6) is 0.0153. The number of carbonyl (C=O) groups is 1. The normalized spacial score (nSPS) is 10.2. The third-order valence-electron chi connectivity index (χ3n) is 2.29. The second-order valence-electron chi connectivity index (χ2n) is 3.58. The molecule has 0 aromatic heterocycles. The Balaban J connectivity index is 2.60. The maximum atomic E-state index is 11.8. The van der Waals surface area contributed by atoms with Crippen LogP contribution in [-0.2, 0) is 4.79 Å². The van der Waals surface area contributed by atoms with Crippen LogP contribution >= 0.6 is 11.6 Å². The number of halogens is 1. The zero-order chi connectivity index (χ0) is 12.0. The van der Waals surface area contributed by atoms with E-state index in [4.69, 9.17) is 11.6 Å². The van der Waals surface area contributed by atoms with Crippen molar-refractivity contribution < 1.29 is 4.79 Å². The predicted octanol–water partition coefficient (Wildman–Crippen LogP) is 2.30. The molecule has 0 radical (unpaired) electrons. The lowest BCUT2D eigenvalue weighted by Crippen LogP contribution is -2.35. The predicted molar refractivity (Wildman–Crippen MR) is 68.0 cm³/mol. The van der Waals surface area contributed by atoms with Gasteiger partial charge in [-0.1, -0.05) is 30.7 Å². The second-order valence-corrected chi connectivity index (χ2v) is 3.99. The number of nitrogens with zero attached hydrogens (tertiary/aromatic N) is 1. The first kappa shape index (κ1) is 13.0. The molecule has 16 heavy (non-hydrogen) atoms. The third-order valence-corrected chi connectivity index (χ3v) is 2.61. The fraction of sp³-hybridized carbons (Fsp3) is 0.417. The van der Waals surface area contributed by atoms with E-state index in [1.165, 1.54) is 0 Å². The Labute approximate surface area is 101 Å². The highest BCUT2D eigenvalue weighted by Gasteiger charge is 2.12. The number of hydrogen-bond donors (Lipinski definition) is 1. The Bertz CT molecular complexity index is 355. The van der Waals surface area contributed by atoms with Crippen molar-refractivity contribution >= 4 is 23.2 Å². The Morgan fingerprint density at radius 3 is 2.75 bits per heavy atom. The van der Waals surface area contributed by atoms with Gasteiger partial charge in [0.25, 0.3) is 0 Å². The monoisotopic (exact) mass is 240 g/mol. The molecule has 1 amide bonds. The quantitative estimate of drug-likeness (QED) is 0.801. The molecule has 0 aliphatic carbocycles. The zero-order valence-corrected chi connectivity index (χ0v) is 10.4. The molecule has 0 spiro atoms. The van der Waals surface area contributed by atoms with Crippen LogP contribution in [0.25, 0.3) is 0 Å². The molecule has 0 saturated heterocycles. The van der Waals surface area contributed by atoms with Crippen LogP contribution in [0, 0.1) is 0 Å². The van der Waals surface area contributed by atoms with Crippen molar-refractivity contribution in [2.24, 2.45) is 0 Å². The summed E-state index contributed by atoms with van der Waals surface area (Å²) in [7, 11) is 1.73. The first-order chi connectivity index (χ1) is 7.66. The number of hydrogen-bond acceptors (Lipinski definition) is 2. The van der Waals surface area contributed by atoms with Crippen LogP contribution in [0.3, 0.4) is 0 Å². The van der Waals surface area contributed by atoms with E-state index in [-0.39, 0.29) is 5.91 Å². The molecular weight excluding hydrogens is 224 g/mol. The van der Waals surface area contributed by atoms with Gasteiger partial charge < -0.3 is 10.2 Å². The number of likely N-dealkylation sites (N-methyl/N-ethyl adjacent to an activating group) is 1. The van der Waals surface area contributed by atoms with Gasteiger partial charge in [-0.2, -0.15) is 0 Å². The molecule has 0 unspecified atom stereocenters. The maximum Gasteiger partial charge on any atom is 0.240 e. The number of benzene rings is 1. The van der Waals surface area contributed by atoms with Gasteiger partial charge in [-0.3, -0.25) is 4.79 Å². The Morgan fingerprint density at radius 2 is 2.12 bits per heavy atom. The van der Waals surface area contributed by atoms with Crippen molar-refractivity contribution in [3.63, 3.8) is 0 Å². The highest BCUT2D eigenvalue weighted by molar-refractivity contribution is 6.33. The van der Waals surface area contributed by atoms with Gasteiger partial charge >= 0.3 is 0 Å². The summed E-state index contributed by atoms with van der Waals surface area (Å²) in [4.78, 5) is 13.3. The molecule has 1 aromatic carbocycles. The molecule has 0 aliphatic heterocycles. The molecule has 1 aromatic rings. The van der Waals surface area contributed by atoms with E-state index in [0.29, 0.717) is 11.6 Å². The van der Waals surface area contributed by atoms with E-state index >= 15 is 0 Å². The summed E-state index contributed by atoms with van der Waals surface area (Å²) in [5.41, 5.74) is 0.743. The van der Waals surface area contributed by atoms with Crippen molar-refractivity contribution in [1.82, 2.24) is 5.32 Å². The molecule has 4 heteroatoms. The van der Waals surface area contributed by atoms with Crippen LogP contribution in [0.15, 0.2) is 24.3 Å². The van der Waals surface area contributed by atoms with E-state index in [2.05, 4.69) is 12.2 Å². The molecule has 0 heterocycles. The molecule has 0 atom stereocenters. The van der Waals surface area contributed by atoms with E-state index in [0.717, 1.165) is 18.7 Å². The van der Waals surface area contributed by atoms with Gasteiger partial charge in [0.15, 0.2) is 0 Å². The van der Waals surface area contributed by atoms with Crippen molar-refractivity contribution in [3.8, 4) is 0 Å². The Kier molecular flexibility index (Phi) is 5.29. The molecule has 0 bridgehead atoms. The molecule has 0 fully saturated rings. The summed E-state index contributed by atoms with van der Waals surface area (Å²) in [6.45, 7) is 3.26. The van der Waals surface area contributed by atoms with Crippen LogP contribution in [-0.4, -0.2) is 26.0 Å². The second kappa shape index (κ2) is 6.51. The van der Waals surface area contributed by atoms with Crippen LogP contribution in [0.5, 0.6) is 0 Å². The van der Waals surface area contributed by atoms with Gasteiger partial charge in [0, 0.05) is 7.05 Å². The highest BCUT2D eigenvalue weighted by atomic mass is 35.5. The number of rotatable bonds is 5. The van der Waals surface area contributed by atoms with E-state index in [9.17, 15) is 4.79 Å². The lowest BCUT2D eigenvalue weighted by atomic mass is 10.3. The maximum absolute atomic E-state index is 11.8. The molecule has 1 N–H and O–H groups in total. The first-order valence-electron chi connectivity index (χ1n) is 5.38. The average molecular weight is 241 g/mol. The van der Waals surface area contributed by atoms with E-state index < -0.39 is 0 Å². The van der Waals surface area contributed by atoms with Gasteiger partial charge in [0.05, 0.1) is 17.3 Å². The first-order valence-corrected chi connectivity index (χ1v) is 5.76. The highest BCUT2D eigenvalue weighted by Crippen LogP contribution is 2.23. The topological polar surface area (TPSA) is 32.3 Å². The van der Waals surface area contributed by atoms with Gasteiger partial charge in [-0.05, 0) is 25.1 Å². The third kappa shape index (κ3) is 3.51. The minimum absolute atomic E-state index is 0.0153. The fourth-order valence-electron chi connectivity index (χ4n) is 1.35. The largest absolute Gasteiger partial charge is 0.313 e. The molecular formula is C12H17ClN2O. The number of carbonyl (C=O) groups excluding carboxylic acids is 1. The molecule has 1 rings (SSSR count). The number of nitrogens with one attached hydrogen (secondary N) is 1. The lowest BCUT2D eigenvalue weighted by molar-refractivity contribution is -0.117. The number of amides is 1. The van der Waals surface area contributed by atoms with Crippen molar-refractivity contribution in [1.29, 1.82) is 0 Å². The molecule has 3 nitrogen and oxygen atoms in total. The smallest absolute Gasteiger partial charge is 0.240 e. The Hall–Kier alpha value is -1.06. The zero-order valence-electron chi connectivity index (χ0n) is 9.66. The summed E-state index contributed by atoms with van der Waals surface area (Å²) < 4.78 is 0. The van der Waals surface area contributed by atoms with Crippen LogP contribution in [0.2, 0.25) is 5.02 Å². The molecule has 88 valence electrons. The van der Waals surface area contributed by atoms with Crippen LogP contribution < -0.4 is 10.2 Å². The minimum Gasteiger partial charge on any atom is -0.313 e. The summed E-state index contributed by atoms with van der Waals surface area (Å²) in [5, 5.41) is 3.66. The standard InChI is InChI=1S/C12H17ClN2O/c1-3-8-14-9-12(16)15(2)11-7-5-4-6-10(11)13/h4-7,14H,3,8-9H2,1-2H3. The van der Waals surface area contributed by atoms with Gasteiger partial charge in [-0.15, -0.1) is 0 Å². The van der Waals surface area contributed by atoms with Gasteiger partial charge in [-0.25, -0.2) is 0 Å². The molecule has 0 aliphatic rings. The summed E-state index contributed by atoms with van der Waals surface area (Å²) >= 11 is 6.01. The van der Waals surface area contributed by atoms with Crippen molar-refractivity contribution in [2.75, 3.05) is 25.0 Å². The fourth-order valence-corrected chi connectivity index (χ4v) is 1.61. The minimum atomic E-state index is 0.0153. The van der Waals surface area contributed by atoms with E-state index in [1.807, 2.05) is 18.2 Å². The number of anilines is 1. The average Bonchev–Trinajstić information content (AvgIpc) is 2.29. The van der Waals surface area contributed by atoms with Gasteiger partial charge in [0.1, 0.15) is 0 Å². The van der Waals surface area contributed by atoms with Crippen LogP contribution in [0.4, 0.5) is 5.69 Å². The Morgan fingerprint density at radius 1 is 1.44 bits per heavy atom. The number of para-hydroxylation sites is 1. The van der Waals surface area contributed by atoms with Gasteiger partial charge in [0.2, 0.25) is 5.91 Å². The molecule has 0 saturated carbocycles. The summed E-state index contributed by atoms with van der Waals surface area (Å²) in [6, 6.07) is 7.32. The SMILES string of the molecule is CCCNCC(=O)N(C)c1ccccc1Cl.